The van der Waals surface area contributed by atoms with Gasteiger partial charge in [0.1, 0.15) is 0 Å². The number of aryl methyl sites for hydroxylation is 3. The lowest BCUT2D eigenvalue weighted by atomic mass is 10.1. The molecule has 1 saturated heterocycles. The van der Waals surface area contributed by atoms with E-state index in [2.05, 4.69) is 22.8 Å². The molecule has 1 aromatic rings. The van der Waals surface area contributed by atoms with Crippen LogP contribution in [0, 0.1) is 20.8 Å². The molecule has 6 nitrogen and oxygen atoms in total. The fourth-order valence-corrected chi connectivity index (χ4v) is 3.10. The maximum Gasteiger partial charge on any atom is 0.238 e. The van der Waals surface area contributed by atoms with Crippen LogP contribution < -0.4 is 10.6 Å². The number of amides is 2. The van der Waals surface area contributed by atoms with E-state index in [1.807, 2.05) is 25.7 Å². The van der Waals surface area contributed by atoms with E-state index in [-0.39, 0.29) is 37.3 Å². The normalized spacial score (nSPS) is 14.2. The van der Waals surface area contributed by atoms with E-state index < -0.39 is 0 Å². The van der Waals surface area contributed by atoms with Gasteiger partial charge in [0, 0.05) is 31.9 Å². The van der Waals surface area contributed by atoms with Gasteiger partial charge < -0.3 is 15.5 Å². The number of carbonyl (C=O) groups is 2. The summed E-state index contributed by atoms with van der Waals surface area (Å²) in [6.07, 6.45) is 0. The Morgan fingerprint density at radius 3 is 2.24 bits per heavy atom. The number of halogens is 1. The predicted molar refractivity (Wildman–Crippen MR) is 103 cm³/mol. The molecule has 2 amide bonds. The molecule has 0 radical (unpaired) electrons. The lowest BCUT2D eigenvalue weighted by Gasteiger charge is -2.29. The van der Waals surface area contributed by atoms with Crippen molar-refractivity contribution in [3.05, 3.63) is 28.8 Å². The predicted octanol–water partition coefficient (Wildman–Crippen LogP) is 1.34. The highest BCUT2D eigenvalue weighted by Gasteiger charge is 2.19. The minimum Gasteiger partial charge on any atom is -0.339 e. The molecule has 1 aromatic carbocycles. The van der Waals surface area contributed by atoms with Crippen molar-refractivity contribution in [3.63, 3.8) is 0 Å². The molecule has 0 unspecified atom stereocenters. The summed E-state index contributed by atoms with van der Waals surface area (Å²) in [4.78, 5) is 28.1. The molecule has 0 saturated carbocycles. The third-order valence-corrected chi connectivity index (χ3v) is 4.23. The number of hydrogen-bond donors (Lipinski definition) is 2. The minimum absolute atomic E-state index is 0. The molecule has 1 heterocycles. The van der Waals surface area contributed by atoms with E-state index in [4.69, 9.17) is 0 Å². The van der Waals surface area contributed by atoms with Crippen LogP contribution in [-0.4, -0.2) is 67.9 Å². The Bertz CT molecular complexity index is 592. The van der Waals surface area contributed by atoms with E-state index in [0.717, 1.165) is 43.0 Å². The number of nitrogens with one attached hydrogen (secondary N) is 2. The van der Waals surface area contributed by atoms with Crippen molar-refractivity contribution in [1.82, 2.24) is 15.1 Å². The molecule has 2 N–H and O–H groups in total. The molecule has 140 valence electrons. The Labute approximate surface area is 156 Å². The molecule has 7 heteroatoms. The van der Waals surface area contributed by atoms with Gasteiger partial charge in [0.2, 0.25) is 11.8 Å². The highest BCUT2D eigenvalue weighted by atomic mass is 35.5. The third kappa shape index (κ3) is 6.30. The van der Waals surface area contributed by atoms with E-state index >= 15 is 0 Å². The zero-order valence-corrected chi connectivity index (χ0v) is 16.3. The van der Waals surface area contributed by atoms with E-state index in [1.54, 1.807) is 11.9 Å². The van der Waals surface area contributed by atoms with Crippen molar-refractivity contribution in [2.24, 2.45) is 0 Å². The first-order valence-corrected chi connectivity index (χ1v) is 8.41. The van der Waals surface area contributed by atoms with Crippen LogP contribution in [0.25, 0.3) is 0 Å². The summed E-state index contributed by atoms with van der Waals surface area (Å²) in [7, 11) is 1.80. The SMILES string of the molecule is Cc1cc(C)c(NC(=O)CN(C)CC(=O)N2CCNCC2)c(C)c1.Cl. The first-order chi connectivity index (χ1) is 11.4. The zero-order chi connectivity index (χ0) is 17.7. The maximum absolute atomic E-state index is 12.3. The summed E-state index contributed by atoms with van der Waals surface area (Å²) in [5.41, 5.74) is 4.16. The quantitative estimate of drug-likeness (QED) is 0.823. The second kappa shape index (κ2) is 9.75. The Kier molecular flexibility index (Phi) is 8.35. The molecule has 0 aliphatic carbocycles. The molecule has 1 aliphatic heterocycles. The van der Waals surface area contributed by atoms with Crippen LogP contribution in [0.4, 0.5) is 5.69 Å². The smallest absolute Gasteiger partial charge is 0.238 e. The van der Waals surface area contributed by atoms with Crippen LogP contribution in [0.3, 0.4) is 0 Å². The Balaban J connectivity index is 0.00000312. The van der Waals surface area contributed by atoms with E-state index in [9.17, 15) is 9.59 Å². The van der Waals surface area contributed by atoms with Gasteiger partial charge in [-0.25, -0.2) is 0 Å². The summed E-state index contributed by atoms with van der Waals surface area (Å²) >= 11 is 0. The fourth-order valence-electron chi connectivity index (χ4n) is 3.10. The molecule has 0 bridgehead atoms. The van der Waals surface area contributed by atoms with Crippen LogP contribution in [0.1, 0.15) is 16.7 Å². The van der Waals surface area contributed by atoms with Gasteiger partial charge in [-0.15, -0.1) is 12.4 Å². The van der Waals surface area contributed by atoms with Crippen LogP contribution in [0.15, 0.2) is 12.1 Å². The van der Waals surface area contributed by atoms with Gasteiger partial charge in [0.05, 0.1) is 13.1 Å². The first kappa shape index (κ1) is 21.4. The van der Waals surface area contributed by atoms with Crippen molar-refractivity contribution >= 4 is 29.9 Å². The van der Waals surface area contributed by atoms with Gasteiger partial charge in [-0.05, 0) is 38.9 Å². The van der Waals surface area contributed by atoms with Gasteiger partial charge in [-0.2, -0.15) is 0 Å². The Morgan fingerprint density at radius 2 is 1.68 bits per heavy atom. The van der Waals surface area contributed by atoms with E-state index in [0.29, 0.717) is 0 Å². The molecule has 0 atom stereocenters. The Hall–Kier alpha value is -1.63. The third-order valence-electron chi connectivity index (χ3n) is 4.23. The molecule has 0 aromatic heterocycles. The average Bonchev–Trinajstić information content (AvgIpc) is 2.51. The zero-order valence-electron chi connectivity index (χ0n) is 15.5. The van der Waals surface area contributed by atoms with Crippen molar-refractivity contribution in [2.75, 3.05) is 51.6 Å². The van der Waals surface area contributed by atoms with Gasteiger partial charge in [-0.3, -0.25) is 14.5 Å². The van der Waals surface area contributed by atoms with Gasteiger partial charge in [-0.1, -0.05) is 17.7 Å². The highest BCUT2D eigenvalue weighted by molar-refractivity contribution is 5.94. The summed E-state index contributed by atoms with van der Waals surface area (Å²) in [6, 6.07) is 4.11. The largest absolute Gasteiger partial charge is 0.339 e. The second-order valence-corrected chi connectivity index (χ2v) is 6.62. The molecule has 1 aliphatic rings. The number of nitrogens with zero attached hydrogens (tertiary/aromatic N) is 2. The number of likely N-dealkylation sites (N-methyl/N-ethyl adjacent to an activating group) is 1. The molecular formula is C18H29ClN4O2. The fraction of sp³-hybridized carbons (Fsp3) is 0.556. The summed E-state index contributed by atoms with van der Waals surface area (Å²) in [6.45, 7) is 9.64. The Morgan fingerprint density at radius 1 is 1.12 bits per heavy atom. The number of piperazine rings is 1. The van der Waals surface area contributed by atoms with Crippen LogP contribution in [0.2, 0.25) is 0 Å². The number of carbonyl (C=O) groups excluding carboxylic acids is 2. The van der Waals surface area contributed by atoms with Crippen LogP contribution in [0.5, 0.6) is 0 Å². The van der Waals surface area contributed by atoms with Crippen molar-refractivity contribution in [2.45, 2.75) is 20.8 Å². The lowest BCUT2D eigenvalue weighted by molar-refractivity contribution is -0.133. The molecule has 0 spiro atoms. The van der Waals surface area contributed by atoms with Crippen molar-refractivity contribution in [1.29, 1.82) is 0 Å². The van der Waals surface area contributed by atoms with E-state index in [1.165, 1.54) is 5.56 Å². The van der Waals surface area contributed by atoms with Crippen LogP contribution >= 0.6 is 12.4 Å². The molecule has 25 heavy (non-hydrogen) atoms. The van der Waals surface area contributed by atoms with Gasteiger partial charge >= 0.3 is 0 Å². The van der Waals surface area contributed by atoms with Crippen molar-refractivity contribution < 1.29 is 9.59 Å². The van der Waals surface area contributed by atoms with Gasteiger partial charge in [0.25, 0.3) is 0 Å². The van der Waals surface area contributed by atoms with Gasteiger partial charge in [0.15, 0.2) is 0 Å². The molecular weight excluding hydrogens is 340 g/mol. The number of rotatable bonds is 5. The minimum atomic E-state index is -0.0966. The number of benzene rings is 1. The van der Waals surface area contributed by atoms with Crippen molar-refractivity contribution in [3.8, 4) is 0 Å². The highest BCUT2D eigenvalue weighted by Crippen LogP contribution is 2.21. The standard InChI is InChI=1S/C18H28N4O2.ClH/c1-13-9-14(2)18(15(3)10-13)20-16(23)11-21(4)12-17(24)22-7-5-19-6-8-22;/h9-10,19H,5-8,11-12H2,1-4H3,(H,20,23);1H. The maximum atomic E-state index is 12.3. The summed E-state index contributed by atoms with van der Waals surface area (Å²) in [5.74, 6) is -0.0184. The average molecular weight is 369 g/mol. The molecule has 2 rings (SSSR count). The number of anilines is 1. The summed E-state index contributed by atoms with van der Waals surface area (Å²) in [5, 5.41) is 6.20. The first-order valence-electron chi connectivity index (χ1n) is 8.41. The topological polar surface area (TPSA) is 64.7 Å². The molecule has 1 fully saturated rings. The summed E-state index contributed by atoms with van der Waals surface area (Å²) < 4.78 is 0. The number of hydrogen-bond acceptors (Lipinski definition) is 4. The monoisotopic (exact) mass is 368 g/mol. The lowest BCUT2D eigenvalue weighted by Crippen LogP contribution is -2.49. The second-order valence-electron chi connectivity index (χ2n) is 6.62. The van der Waals surface area contributed by atoms with Crippen LogP contribution in [-0.2, 0) is 9.59 Å².